The average Bonchev–Trinajstić information content (AvgIpc) is 2.53. The first-order valence-electron chi connectivity index (χ1n) is 6.55. The molecule has 0 saturated carbocycles. The van der Waals surface area contributed by atoms with Gasteiger partial charge in [-0.3, -0.25) is 19.5 Å². The van der Waals surface area contributed by atoms with Crippen LogP contribution in [0.15, 0.2) is 42.6 Å². The lowest BCUT2D eigenvalue weighted by Gasteiger charge is -2.29. The Labute approximate surface area is 121 Å². The highest BCUT2D eigenvalue weighted by Crippen LogP contribution is 2.29. The highest BCUT2D eigenvalue weighted by Gasteiger charge is 2.27. The van der Waals surface area contributed by atoms with Crippen molar-refractivity contribution in [2.45, 2.75) is 6.54 Å². The molecule has 0 unspecified atom stereocenters. The smallest absolute Gasteiger partial charge is 0.258 e. The normalized spacial score (nSPS) is 13.6. The van der Waals surface area contributed by atoms with Crippen LogP contribution in [0.25, 0.3) is 0 Å². The summed E-state index contributed by atoms with van der Waals surface area (Å²) in [7, 11) is 0. The minimum Gasteiger partial charge on any atom is -0.325 e. The summed E-state index contributed by atoms with van der Waals surface area (Å²) in [4.78, 5) is 29.9. The van der Waals surface area contributed by atoms with Crippen molar-refractivity contribution < 1.29 is 9.59 Å². The predicted molar refractivity (Wildman–Crippen MR) is 78.9 cm³/mol. The van der Waals surface area contributed by atoms with E-state index in [2.05, 4.69) is 10.3 Å². The quantitative estimate of drug-likeness (QED) is 0.864. The molecule has 6 nitrogen and oxygen atoms in total. The highest BCUT2D eigenvalue weighted by molar-refractivity contribution is 6.15. The molecule has 0 fully saturated rings. The van der Waals surface area contributed by atoms with Crippen molar-refractivity contribution in [2.24, 2.45) is 5.73 Å². The van der Waals surface area contributed by atoms with Crippen molar-refractivity contribution >= 4 is 23.2 Å². The zero-order chi connectivity index (χ0) is 14.8. The maximum absolute atomic E-state index is 12.7. The molecule has 1 aliphatic rings. The van der Waals surface area contributed by atoms with E-state index in [-0.39, 0.29) is 24.9 Å². The Hall–Kier alpha value is -2.73. The Bertz CT molecular complexity index is 714. The third-order valence-corrected chi connectivity index (χ3v) is 3.29. The lowest BCUT2D eigenvalue weighted by atomic mass is 10.1. The number of nitrogens with two attached hydrogens (primary N) is 1. The van der Waals surface area contributed by atoms with Crippen molar-refractivity contribution in [2.75, 3.05) is 16.8 Å². The molecule has 2 heterocycles. The number of carbonyl (C=O) groups is 2. The van der Waals surface area contributed by atoms with E-state index in [0.717, 1.165) is 0 Å². The number of anilines is 2. The molecule has 6 heteroatoms. The summed E-state index contributed by atoms with van der Waals surface area (Å²) in [5, 5.41) is 2.75. The van der Waals surface area contributed by atoms with Crippen LogP contribution in [-0.2, 0) is 11.3 Å². The first kappa shape index (κ1) is 13.3. The molecule has 0 atom stereocenters. The minimum atomic E-state index is -0.241. The Morgan fingerprint density at radius 2 is 2.14 bits per heavy atom. The van der Waals surface area contributed by atoms with Crippen LogP contribution in [0.3, 0.4) is 0 Å². The van der Waals surface area contributed by atoms with Gasteiger partial charge in [-0.05, 0) is 24.3 Å². The molecule has 1 aromatic carbocycles. The third kappa shape index (κ3) is 2.48. The number of rotatable bonds is 2. The zero-order valence-corrected chi connectivity index (χ0v) is 11.2. The summed E-state index contributed by atoms with van der Waals surface area (Å²) in [6.07, 6.45) is 1.55. The number of nitrogens with one attached hydrogen (secondary N) is 1. The van der Waals surface area contributed by atoms with E-state index in [9.17, 15) is 9.59 Å². The van der Waals surface area contributed by atoms with Crippen LogP contribution in [0.4, 0.5) is 11.4 Å². The van der Waals surface area contributed by atoms with Gasteiger partial charge in [-0.25, -0.2) is 0 Å². The second kappa shape index (κ2) is 5.34. The monoisotopic (exact) mass is 282 g/mol. The fourth-order valence-corrected chi connectivity index (χ4v) is 2.29. The fourth-order valence-electron chi connectivity index (χ4n) is 2.29. The molecule has 2 aromatic rings. The number of benzene rings is 1. The molecule has 2 amide bonds. The molecule has 3 rings (SSSR count). The highest BCUT2D eigenvalue weighted by atomic mass is 16.2. The Morgan fingerprint density at radius 3 is 2.95 bits per heavy atom. The maximum Gasteiger partial charge on any atom is 0.258 e. The topological polar surface area (TPSA) is 88.3 Å². The number of para-hydroxylation sites is 2. The van der Waals surface area contributed by atoms with Crippen molar-refractivity contribution in [1.82, 2.24) is 4.98 Å². The van der Waals surface area contributed by atoms with Gasteiger partial charge in [0.2, 0.25) is 5.91 Å². The van der Waals surface area contributed by atoms with Gasteiger partial charge < -0.3 is 11.1 Å². The lowest BCUT2D eigenvalue weighted by molar-refractivity contribution is -0.115. The number of pyridine rings is 1. The van der Waals surface area contributed by atoms with Gasteiger partial charge in [0.15, 0.2) is 0 Å². The number of nitrogens with zero attached hydrogens (tertiary/aromatic N) is 2. The van der Waals surface area contributed by atoms with Gasteiger partial charge in [-0.2, -0.15) is 0 Å². The van der Waals surface area contributed by atoms with Crippen LogP contribution in [0, 0.1) is 0 Å². The third-order valence-electron chi connectivity index (χ3n) is 3.29. The molecule has 0 saturated heterocycles. The average molecular weight is 282 g/mol. The van der Waals surface area contributed by atoms with E-state index in [4.69, 9.17) is 5.73 Å². The molecule has 0 aliphatic carbocycles. The maximum atomic E-state index is 12.7. The van der Waals surface area contributed by atoms with E-state index in [1.165, 1.54) is 4.90 Å². The molecule has 0 spiro atoms. The molecular weight excluding hydrogens is 268 g/mol. The van der Waals surface area contributed by atoms with E-state index in [0.29, 0.717) is 22.6 Å². The van der Waals surface area contributed by atoms with Crippen LogP contribution >= 0.6 is 0 Å². The summed E-state index contributed by atoms with van der Waals surface area (Å²) in [6.45, 7) is 0.258. The largest absolute Gasteiger partial charge is 0.325 e. The SMILES string of the molecule is NCc1cc(C(=O)N2CC(=O)Nc3ccccc32)ccn1. The van der Waals surface area contributed by atoms with Gasteiger partial charge in [-0.15, -0.1) is 0 Å². The van der Waals surface area contributed by atoms with E-state index >= 15 is 0 Å². The first-order valence-corrected chi connectivity index (χ1v) is 6.55. The van der Waals surface area contributed by atoms with Gasteiger partial charge in [0.1, 0.15) is 6.54 Å². The van der Waals surface area contributed by atoms with E-state index in [1.807, 2.05) is 12.1 Å². The molecule has 0 radical (unpaired) electrons. The van der Waals surface area contributed by atoms with Gasteiger partial charge >= 0.3 is 0 Å². The molecule has 1 aromatic heterocycles. The zero-order valence-electron chi connectivity index (χ0n) is 11.2. The van der Waals surface area contributed by atoms with Crippen molar-refractivity contribution in [1.29, 1.82) is 0 Å². The van der Waals surface area contributed by atoms with Gasteiger partial charge in [-0.1, -0.05) is 12.1 Å². The second-order valence-corrected chi connectivity index (χ2v) is 4.70. The van der Waals surface area contributed by atoms with Gasteiger partial charge in [0.25, 0.3) is 5.91 Å². The number of hydrogen-bond donors (Lipinski definition) is 2. The van der Waals surface area contributed by atoms with Crippen molar-refractivity contribution in [3.8, 4) is 0 Å². The fraction of sp³-hybridized carbons (Fsp3) is 0.133. The number of amides is 2. The number of aromatic nitrogens is 1. The minimum absolute atomic E-state index is 0.00384. The van der Waals surface area contributed by atoms with Gasteiger partial charge in [0.05, 0.1) is 17.1 Å². The lowest BCUT2D eigenvalue weighted by Crippen LogP contribution is -2.42. The van der Waals surface area contributed by atoms with Crippen LogP contribution in [0.2, 0.25) is 0 Å². The predicted octanol–water partition coefficient (Wildman–Crippen LogP) is 1.14. The standard InChI is InChI=1S/C15H14N4O2/c16-8-11-7-10(5-6-17-11)15(21)19-9-14(20)18-12-3-1-2-4-13(12)19/h1-7H,8-9,16H2,(H,18,20). The Kier molecular flexibility index (Phi) is 3.37. The Balaban J connectivity index is 1.99. The van der Waals surface area contributed by atoms with Crippen LogP contribution in [0.1, 0.15) is 16.1 Å². The second-order valence-electron chi connectivity index (χ2n) is 4.70. The molecule has 3 N–H and O–H groups in total. The van der Waals surface area contributed by atoms with Crippen LogP contribution in [0.5, 0.6) is 0 Å². The summed E-state index contributed by atoms with van der Waals surface area (Å²) >= 11 is 0. The molecule has 0 bridgehead atoms. The molecular formula is C15H14N4O2. The summed E-state index contributed by atoms with van der Waals surface area (Å²) in [5.41, 5.74) is 7.97. The van der Waals surface area contributed by atoms with Gasteiger partial charge in [0, 0.05) is 18.3 Å². The van der Waals surface area contributed by atoms with Crippen LogP contribution in [-0.4, -0.2) is 23.3 Å². The molecule has 21 heavy (non-hydrogen) atoms. The van der Waals surface area contributed by atoms with E-state index < -0.39 is 0 Å². The van der Waals surface area contributed by atoms with Crippen molar-refractivity contribution in [3.05, 3.63) is 53.9 Å². The van der Waals surface area contributed by atoms with Crippen LogP contribution < -0.4 is 16.0 Å². The number of hydrogen-bond acceptors (Lipinski definition) is 4. The first-order chi connectivity index (χ1) is 10.2. The number of fused-ring (bicyclic) bond motifs is 1. The Morgan fingerprint density at radius 1 is 1.33 bits per heavy atom. The summed E-state index contributed by atoms with van der Waals surface area (Å²) < 4.78 is 0. The molecule has 1 aliphatic heterocycles. The van der Waals surface area contributed by atoms with Crippen molar-refractivity contribution in [3.63, 3.8) is 0 Å². The number of carbonyl (C=O) groups excluding carboxylic acids is 2. The molecule has 106 valence electrons. The summed E-state index contributed by atoms with van der Waals surface area (Å²) in [5.74, 6) is -0.454. The summed E-state index contributed by atoms with van der Waals surface area (Å²) in [6, 6.07) is 10.5. The van der Waals surface area contributed by atoms with E-state index in [1.54, 1.807) is 30.5 Å².